The molecular formula is C13H16F3NO. The Balaban J connectivity index is 2.30. The minimum absolute atomic E-state index is 0.0382. The van der Waals surface area contributed by atoms with Crippen LogP contribution in [0.25, 0.3) is 0 Å². The van der Waals surface area contributed by atoms with Gasteiger partial charge in [-0.15, -0.1) is 0 Å². The molecule has 0 bridgehead atoms. The van der Waals surface area contributed by atoms with Crippen LogP contribution >= 0.6 is 0 Å². The van der Waals surface area contributed by atoms with Crippen molar-refractivity contribution in [2.24, 2.45) is 5.92 Å². The maximum absolute atomic E-state index is 13.1. The fourth-order valence-electron chi connectivity index (χ4n) is 2.49. The molecule has 0 amide bonds. The SMILES string of the molecule is C[C@H]1CNCC[C@H]1c1ccc(F)cc1OC(F)F. The predicted octanol–water partition coefficient (Wildman–Crippen LogP) is 3.14. The van der Waals surface area contributed by atoms with Gasteiger partial charge >= 0.3 is 6.61 Å². The van der Waals surface area contributed by atoms with Gasteiger partial charge in [0.2, 0.25) is 0 Å². The molecule has 1 aromatic carbocycles. The highest BCUT2D eigenvalue weighted by Crippen LogP contribution is 2.36. The number of hydrogen-bond acceptors (Lipinski definition) is 2. The lowest BCUT2D eigenvalue weighted by atomic mass is 9.82. The van der Waals surface area contributed by atoms with E-state index < -0.39 is 12.4 Å². The van der Waals surface area contributed by atoms with Crippen LogP contribution in [-0.2, 0) is 0 Å². The second-order valence-corrected chi connectivity index (χ2v) is 4.64. The molecule has 100 valence electrons. The Kier molecular flexibility index (Phi) is 4.11. The average Bonchev–Trinajstić information content (AvgIpc) is 2.30. The number of halogens is 3. The van der Waals surface area contributed by atoms with Crippen molar-refractivity contribution in [1.29, 1.82) is 0 Å². The summed E-state index contributed by atoms with van der Waals surface area (Å²) in [6.07, 6.45) is 0.840. The second kappa shape index (κ2) is 5.61. The van der Waals surface area contributed by atoms with Gasteiger partial charge in [0.15, 0.2) is 0 Å². The molecule has 5 heteroatoms. The van der Waals surface area contributed by atoms with E-state index in [4.69, 9.17) is 0 Å². The molecule has 1 fully saturated rings. The van der Waals surface area contributed by atoms with Gasteiger partial charge in [0, 0.05) is 6.07 Å². The molecule has 1 N–H and O–H groups in total. The van der Waals surface area contributed by atoms with Gasteiger partial charge < -0.3 is 10.1 Å². The Morgan fingerprint density at radius 3 is 2.83 bits per heavy atom. The Morgan fingerprint density at radius 1 is 1.39 bits per heavy atom. The van der Waals surface area contributed by atoms with Crippen LogP contribution in [-0.4, -0.2) is 19.7 Å². The molecule has 0 radical (unpaired) electrons. The average molecular weight is 259 g/mol. The van der Waals surface area contributed by atoms with E-state index in [1.54, 1.807) is 6.07 Å². The Hall–Kier alpha value is -1.23. The van der Waals surface area contributed by atoms with Gasteiger partial charge in [0.25, 0.3) is 0 Å². The molecule has 0 spiro atoms. The van der Waals surface area contributed by atoms with E-state index in [1.165, 1.54) is 6.07 Å². The first-order valence-corrected chi connectivity index (χ1v) is 6.03. The molecule has 1 aliphatic heterocycles. The number of piperidine rings is 1. The zero-order valence-corrected chi connectivity index (χ0v) is 10.1. The number of ether oxygens (including phenoxy) is 1. The first-order chi connectivity index (χ1) is 8.58. The standard InChI is InChI=1S/C13H16F3NO/c1-8-7-17-5-4-10(8)11-3-2-9(14)6-12(11)18-13(15)16/h2-3,6,8,10,13,17H,4-5,7H2,1H3/t8-,10+/m0/s1. The van der Waals surface area contributed by atoms with Crippen LogP contribution in [0.3, 0.4) is 0 Å². The van der Waals surface area contributed by atoms with E-state index in [-0.39, 0.29) is 11.7 Å². The predicted molar refractivity (Wildman–Crippen MR) is 62.4 cm³/mol. The van der Waals surface area contributed by atoms with Crippen molar-refractivity contribution in [2.75, 3.05) is 13.1 Å². The Labute approximate surface area is 104 Å². The summed E-state index contributed by atoms with van der Waals surface area (Å²) in [7, 11) is 0. The first-order valence-electron chi connectivity index (χ1n) is 6.03. The molecule has 18 heavy (non-hydrogen) atoms. The van der Waals surface area contributed by atoms with Crippen molar-refractivity contribution < 1.29 is 17.9 Å². The molecule has 0 aliphatic carbocycles. The fourth-order valence-corrected chi connectivity index (χ4v) is 2.49. The summed E-state index contributed by atoms with van der Waals surface area (Å²) in [5.41, 5.74) is 0.672. The topological polar surface area (TPSA) is 21.3 Å². The molecule has 1 aliphatic rings. The molecular weight excluding hydrogens is 243 g/mol. The minimum atomic E-state index is -2.93. The highest BCUT2D eigenvalue weighted by molar-refractivity contribution is 5.37. The van der Waals surface area contributed by atoms with Crippen molar-refractivity contribution in [3.05, 3.63) is 29.6 Å². The van der Waals surface area contributed by atoms with Gasteiger partial charge in [-0.1, -0.05) is 13.0 Å². The molecule has 1 aromatic rings. The van der Waals surface area contributed by atoms with Gasteiger partial charge in [-0.05, 0) is 43.0 Å². The normalized spacial score (nSPS) is 24.3. The molecule has 2 nitrogen and oxygen atoms in total. The van der Waals surface area contributed by atoms with E-state index >= 15 is 0 Å². The van der Waals surface area contributed by atoms with E-state index in [9.17, 15) is 13.2 Å². The van der Waals surface area contributed by atoms with Crippen LogP contribution in [0, 0.1) is 11.7 Å². The molecule has 0 saturated carbocycles. The highest BCUT2D eigenvalue weighted by Gasteiger charge is 2.26. The van der Waals surface area contributed by atoms with E-state index in [1.807, 2.05) is 6.92 Å². The van der Waals surface area contributed by atoms with Crippen LogP contribution in [0.4, 0.5) is 13.2 Å². The van der Waals surface area contributed by atoms with E-state index in [2.05, 4.69) is 10.1 Å². The first kappa shape index (κ1) is 13.2. The third kappa shape index (κ3) is 2.96. The summed E-state index contributed by atoms with van der Waals surface area (Å²) in [5.74, 6) is -0.162. The van der Waals surface area contributed by atoms with Crippen LogP contribution in [0.2, 0.25) is 0 Å². The Bertz CT molecular complexity index is 411. The zero-order valence-electron chi connectivity index (χ0n) is 10.1. The zero-order chi connectivity index (χ0) is 13.1. The van der Waals surface area contributed by atoms with E-state index in [0.717, 1.165) is 25.6 Å². The summed E-state index contributed by atoms with van der Waals surface area (Å²) in [6, 6.07) is 3.89. The lowest BCUT2D eigenvalue weighted by Crippen LogP contribution is -2.34. The van der Waals surface area contributed by atoms with Crippen molar-refractivity contribution >= 4 is 0 Å². The van der Waals surface area contributed by atoms with Crippen LogP contribution in [0.5, 0.6) is 5.75 Å². The van der Waals surface area contributed by atoms with Crippen LogP contribution in [0.15, 0.2) is 18.2 Å². The van der Waals surface area contributed by atoms with Crippen molar-refractivity contribution in [3.63, 3.8) is 0 Å². The van der Waals surface area contributed by atoms with Gasteiger partial charge in [0.05, 0.1) is 0 Å². The third-order valence-corrected chi connectivity index (χ3v) is 3.38. The number of nitrogens with one attached hydrogen (secondary N) is 1. The smallest absolute Gasteiger partial charge is 0.387 e. The van der Waals surface area contributed by atoms with Gasteiger partial charge in [0.1, 0.15) is 11.6 Å². The second-order valence-electron chi connectivity index (χ2n) is 4.64. The summed E-state index contributed by atoms with van der Waals surface area (Å²) in [5, 5.41) is 3.24. The molecule has 2 atom stereocenters. The number of alkyl halides is 2. The third-order valence-electron chi connectivity index (χ3n) is 3.38. The molecule has 0 unspecified atom stereocenters. The molecule has 1 heterocycles. The van der Waals surface area contributed by atoms with Crippen molar-refractivity contribution in [1.82, 2.24) is 5.32 Å². The van der Waals surface area contributed by atoms with Crippen molar-refractivity contribution in [2.45, 2.75) is 25.9 Å². The lowest BCUT2D eigenvalue weighted by Gasteiger charge is -2.31. The highest BCUT2D eigenvalue weighted by atomic mass is 19.3. The maximum atomic E-state index is 13.1. The summed E-state index contributed by atoms with van der Waals surface area (Å²) in [6.45, 7) is 0.783. The van der Waals surface area contributed by atoms with Crippen LogP contribution < -0.4 is 10.1 Å². The largest absolute Gasteiger partial charge is 0.434 e. The van der Waals surface area contributed by atoms with Crippen molar-refractivity contribution in [3.8, 4) is 5.75 Å². The molecule has 2 rings (SSSR count). The summed E-state index contributed by atoms with van der Waals surface area (Å²) in [4.78, 5) is 0. The van der Waals surface area contributed by atoms with E-state index in [0.29, 0.717) is 11.5 Å². The Morgan fingerprint density at radius 2 is 2.17 bits per heavy atom. The quantitative estimate of drug-likeness (QED) is 0.900. The monoisotopic (exact) mass is 259 g/mol. The molecule has 0 aromatic heterocycles. The molecule has 1 saturated heterocycles. The maximum Gasteiger partial charge on any atom is 0.387 e. The van der Waals surface area contributed by atoms with Gasteiger partial charge in [-0.3, -0.25) is 0 Å². The number of benzene rings is 1. The summed E-state index contributed by atoms with van der Waals surface area (Å²) < 4.78 is 42.2. The number of rotatable bonds is 3. The van der Waals surface area contributed by atoms with Gasteiger partial charge in [-0.2, -0.15) is 8.78 Å². The summed E-state index contributed by atoms with van der Waals surface area (Å²) >= 11 is 0. The van der Waals surface area contributed by atoms with Gasteiger partial charge in [-0.25, -0.2) is 4.39 Å². The fraction of sp³-hybridized carbons (Fsp3) is 0.538. The number of hydrogen-bond donors (Lipinski definition) is 1. The lowest BCUT2D eigenvalue weighted by molar-refractivity contribution is -0.0510. The van der Waals surface area contributed by atoms with Crippen LogP contribution in [0.1, 0.15) is 24.8 Å². The minimum Gasteiger partial charge on any atom is -0.434 e.